The Morgan fingerprint density at radius 1 is 1.15 bits per heavy atom. The second-order valence-corrected chi connectivity index (χ2v) is 4.25. The molecule has 2 heterocycles. The molecule has 0 aromatic rings. The second kappa shape index (κ2) is 3.95. The van der Waals surface area contributed by atoms with Crippen LogP contribution in [0.1, 0.15) is 19.3 Å². The zero-order valence-corrected chi connectivity index (χ0v) is 8.13. The molecule has 1 unspecified atom stereocenters. The molecule has 0 radical (unpaired) electrons. The number of nitrogens with two attached hydrogens (primary N) is 1. The first-order chi connectivity index (χ1) is 6.37. The fourth-order valence-corrected chi connectivity index (χ4v) is 2.62. The van der Waals surface area contributed by atoms with Crippen LogP contribution in [0.15, 0.2) is 0 Å². The summed E-state index contributed by atoms with van der Waals surface area (Å²) in [4.78, 5) is 0. The molecule has 0 saturated carbocycles. The van der Waals surface area contributed by atoms with Gasteiger partial charge in [-0.3, -0.25) is 0 Å². The van der Waals surface area contributed by atoms with E-state index in [1.165, 1.54) is 0 Å². The predicted molar refractivity (Wildman–Crippen MR) is 50.5 cm³/mol. The molecule has 76 valence electrons. The number of rotatable bonds is 1. The fraction of sp³-hybridized carbons (Fsp3) is 1.00. The van der Waals surface area contributed by atoms with Crippen molar-refractivity contribution < 1.29 is 9.47 Å². The maximum Gasteiger partial charge on any atom is 0.0527 e. The SMILES string of the molecule is NCC1CCOCC12CCOCC2. The first kappa shape index (κ1) is 9.44. The average Bonchev–Trinajstić information content (AvgIpc) is 2.20. The van der Waals surface area contributed by atoms with Gasteiger partial charge >= 0.3 is 0 Å². The van der Waals surface area contributed by atoms with Gasteiger partial charge < -0.3 is 15.2 Å². The van der Waals surface area contributed by atoms with Gasteiger partial charge in [-0.05, 0) is 31.7 Å². The van der Waals surface area contributed by atoms with Crippen LogP contribution in [0.3, 0.4) is 0 Å². The van der Waals surface area contributed by atoms with E-state index in [0.29, 0.717) is 11.3 Å². The number of hydrogen-bond acceptors (Lipinski definition) is 3. The van der Waals surface area contributed by atoms with E-state index >= 15 is 0 Å². The Balaban J connectivity index is 2.06. The Hall–Kier alpha value is -0.120. The lowest BCUT2D eigenvalue weighted by molar-refractivity contribution is -0.105. The molecule has 2 fully saturated rings. The Morgan fingerprint density at radius 2 is 1.92 bits per heavy atom. The monoisotopic (exact) mass is 185 g/mol. The second-order valence-electron chi connectivity index (χ2n) is 4.25. The van der Waals surface area contributed by atoms with E-state index in [4.69, 9.17) is 15.2 Å². The van der Waals surface area contributed by atoms with Gasteiger partial charge in [0.15, 0.2) is 0 Å². The van der Waals surface area contributed by atoms with Crippen molar-refractivity contribution in [2.24, 2.45) is 17.1 Å². The summed E-state index contributed by atoms with van der Waals surface area (Å²) < 4.78 is 11.0. The third-order valence-corrected chi connectivity index (χ3v) is 3.64. The minimum atomic E-state index is 0.352. The molecule has 2 rings (SSSR count). The van der Waals surface area contributed by atoms with Gasteiger partial charge in [-0.15, -0.1) is 0 Å². The molecule has 3 heteroatoms. The molecule has 3 nitrogen and oxygen atoms in total. The van der Waals surface area contributed by atoms with Crippen molar-refractivity contribution in [3.63, 3.8) is 0 Å². The Labute approximate surface area is 79.6 Å². The summed E-state index contributed by atoms with van der Waals surface area (Å²) in [5, 5.41) is 0. The van der Waals surface area contributed by atoms with E-state index in [1.807, 2.05) is 0 Å². The maximum atomic E-state index is 5.81. The van der Waals surface area contributed by atoms with Crippen LogP contribution < -0.4 is 5.73 Å². The van der Waals surface area contributed by atoms with Crippen molar-refractivity contribution >= 4 is 0 Å². The van der Waals surface area contributed by atoms with Crippen LogP contribution in [0, 0.1) is 11.3 Å². The van der Waals surface area contributed by atoms with Crippen LogP contribution in [0.4, 0.5) is 0 Å². The quantitative estimate of drug-likeness (QED) is 0.656. The van der Waals surface area contributed by atoms with Crippen molar-refractivity contribution in [2.45, 2.75) is 19.3 Å². The fourth-order valence-electron chi connectivity index (χ4n) is 2.62. The topological polar surface area (TPSA) is 44.5 Å². The van der Waals surface area contributed by atoms with E-state index in [2.05, 4.69) is 0 Å². The summed E-state index contributed by atoms with van der Waals surface area (Å²) in [6, 6.07) is 0. The van der Waals surface area contributed by atoms with Gasteiger partial charge in [0.2, 0.25) is 0 Å². The molecular weight excluding hydrogens is 166 g/mol. The third-order valence-electron chi connectivity index (χ3n) is 3.64. The van der Waals surface area contributed by atoms with Gasteiger partial charge in [-0.2, -0.15) is 0 Å². The zero-order valence-electron chi connectivity index (χ0n) is 8.13. The predicted octanol–water partition coefficient (Wildman–Crippen LogP) is 0.778. The average molecular weight is 185 g/mol. The third kappa shape index (κ3) is 1.73. The van der Waals surface area contributed by atoms with Crippen LogP contribution in [-0.4, -0.2) is 33.0 Å². The minimum Gasteiger partial charge on any atom is -0.381 e. The highest BCUT2D eigenvalue weighted by Gasteiger charge is 2.41. The van der Waals surface area contributed by atoms with E-state index in [0.717, 1.165) is 52.2 Å². The van der Waals surface area contributed by atoms with Gasteiger partial charge in [-0.1, -0.05) is 0 Å². The number of hydrogen-bond donors (Lipinski definition) is 1. The normalized spacial score (nSPS) is 33.5. The van der Waals surface area contributed by atoms with Gasteiger partial charge in [0.05, 0.1) is 6.61 Å². The lowest BCUT2D eigenvalue weighted by atomic mass is 9.68. The molecular formula is C10H19NO2. The Bertz CT molecular complexity index is 158. The highest BCUT2D eigenvalue weighted by Crippen LogP contribution is 2.42. The first-order valence-electron chi connectivity index (χ1n) is 5.23. The van der Waals surface area contributed by atoms with E-state index < -0.39 is 0 Å². The molecule has 0 bridgehead atoms. The molecule has 1 spiro atoms. The van der Waals surface area contributed by atoms with Crippen molar-refractivity contribution in [3.05, 3.63) is 0 Å². The lowest BCUT2D eigenvalue weighted by Crippen LogP contribution is -2.47. The largest absolute Gasteiger partial charge is 0.381 e. The van der Waals surface area contributed by atoms with Gasteiger partial charge in [0.1, 0.15) is 0 Å². The van der Waals surface area contributed by atoms with Gasteiger partial charge in [0, 0.05) is 25.2 Å². The van der Waals surface area contributed by atoms with Gasteiger partial charge in [-0.25, -0.2) is 0 Å². The standard InChI is InChI=1S/C10H19NO2/c11-7-9-1-4-13-8-10(9)2-5-12-6-3-10/h9H,1-8,11H2. The van der Waals surface area contributed by atoms with E-state index in [-0.39, 0.29) is 0 Å². The summed E-state index contributed by atoms with van der Waals surface area (Å²) in [6.45, 7) is 4.38. The number of ether oxygens (including phenoxy) is 2. The van der Waals surface area contributed by atoms with Crippen molar-refractivity contribution in [2.75, 3.05) is 33.0 Å². The highest BCUT2D eigenvalue weighted by atomic mass is 16.5. The Morgan fingerprint density at radius 3 is 2.62 bits per heavy atom. The summed E-state index contributed by atoms with van der Waals surface area (Å²) >= 11 is 0. The Kier molecular flexibility index (Phi) is 2.86. The molecule has 0 aromatic carbocycles. The van der Waals surface area contributed by atoms with E-state index in [9.17, 15) is 0 Å². The smallest absolute Gasteiger partial charge is 0.0527 e. The maximum absolute atomic E-state index is 5.81. The van der Waals surface area contributed by atoms with E-state index in [1.54, 1.807) is 0 Å². The van der Waals surface area contributed by atoms with Crippen LogP contribution in [-0.2, 0) is 9.47 Å². The van der Waals surface area contributed by atoms with Crippen molar-refractivity contribution in [3.8, 4) is 0 Å². The summed E-state index contributed by atoms with van der Waals surface area (Å²) in [5.74, 6) is 0.658. The molecule has 2 aliphatic rings. The van der Waals surface area contributed by atoms with Crippen LogP contribution in [0.5, 0.6) is 0 Å². The summed E-state index contributed by atoms with van der Waals surface area (Å²) in [5.41, 5.74) is 6.16. The van der Waals surface area contributed by atoms with Gasteiger partial charge in [0.25, 0.3) is 0 Å². The minimum absolute atomic E-state index is 0.352. The van der Waals surface area contributed by atoms with Crippen LogP contribution in [0.25, 0.3) is 0 Å². The molecule has 0 amide bonds. The molecule has 2 N–H and O–H groups in total. The van der Waals surface area contributed by atoms with Crippen LogP contribution in [0.2, 0.25) is 0 Å². The summed E-state index contributed by atoms with van der Waals surface area (Å²) in [7, 11) is 0. The molecule has 0 aromatic heterocycles. The first-order valence-corrected chi connectivity index (χ1v) is 5.23. The highest BCUT2D eigenvalue weighted by molar-refractivity contribution is 4.91. The lowest BCUT2D eigenvalue weighted by Gasteiger charge is -2.45. The van der Waals surface area contributed by atoms with Crippen LogP contribution >= 0.6 is 0 Å². The van der Waals surface area contributed by atoms with Crippen molar-refractivity contribution in [1.82, 2.24) is 0 Å². The molecule has 2 aliphatic heterocycles. The van der Waals surface area contributed by atoms with Crippen molar-refractivity contribution in [1.29, 1.82) is 0 Å². The molecule has 2 saturated heterocycles. The molecule has 13 heavy (non-hydrogen) atoms. The summed E-state index contributed by atoms with van der Waals surface area (Å²) in [6.07, 6.45) is 3.40. The molecule has 1 atom stereocenters. The molecule has 0 aliphatic carbocycles. The zero-order chi connectivity index (χ0) is 9.15.